The molecule has 0 aliphatic carbocycles. The summed E-state index contributed by atoms with van der Waals surface area (Å²) in [7, 11) is 0. The number of rotatable bonds is 10. The molecule has 0 saturated heterocycles. The summed E-state index contributed by atoms with van der Waals surface area (Å²) in [5.41, 5.74) is -1.89. The van der Waals surface area contributed by atoms with Crippen LogP contribution in [-0.4, -0.2) is 35.4 Å². The molecule has 2 aromatic rings. The third-order valence-corrected chi connectivity index (χ3v) is 4.87. The van der Waals surface area contributed by atoms with Crippen LogP contribution in [0.2, 0.25) is 0 Å². The third-order valence-electron chi connectivity index (χ3n) is 4.87. The van der Waals surface area contributed by atoms with Gasteiger partial charge in [0.05, 0.1) is 17.1 Å². The van der Waals surface area contributed by atoms with Crippen molar-refractivity contribution in [1.82, 2.24) is 5.32 Å². The summed E-state index contributed by atoms with van der Waals surface area (Å²) in [6.45, 7) is 5.50. The Morgan fingerprint density at radius 3 is 2.25 bits per heavy atom. The molecule has 0 aliphatic rings. The van der Waals surface area contributed by atoms with Crippen LogP contribution in [0.5, 0.6) is 0 Å². The first-order valence-electron chi connectivity index (χ1n) is 11.0. The van der Waals surface area contributed by atoms with Crippen molar-refractivity contribution in [2.45, 2.75) is 45.8 Å². The molecular weight excluding hydrogens is 483 g/mol. The molecule has 0 spiro atoms. The molecule has 0 aromatic heterocycles. The van der Waals surface area contributed by atoms with Gasteiger partial charge in [0.2, 0.25) is 5.91 Å². The van der Waals surface area contributed by atoms with Crippen LogP contribution in [0.25, 0.3) is 0 Å². The van der Waals surface area contributed by atoms with Crippen molar-refractivity contribution in [3.8, 4) is 0 Å². The van der Waals surface area contributed by atoms with Gasteiger partial charge in [0, 0.05) is 36.2 Å². The lowest BCUT2D eigenvalue weighted by atomic mass is 10.0. The van der Waals surface area contributed by atoms with Crippen molar-refractivity contribution in [2.75, 3.05) is 11.9 Å². The molecule has 2 amide bonds. The van der Waals surface area contributed by atoms with Crippen LogP contribution >= 0.6 is 0 Å². The van der Waals surface area contributed by atoms with E-state index in [1.165, 1.54) is 12.1 Å². The molecule has 194 valence electrons. The van der Waals surface area contributed by atoms with E-state index in [-0.39, 0.29) is 37.0 Å². The number of hydrogen-bond acceptors (Lipinski definition) is 6. The number of carbonyl (C=O) groups excluding carboxylic acids is 3. The summed E-state index contributed by atoms with van der Waals surface area (Å²) >= 11 is 0. The van der Waals surface area contributed by atoms with Crippen LogP contribution in [-0.2, 0) is 26.9 Å². The lowest BCUT2D eigenvalue weighted by molar-refractivity contribution is -0.385. The maximum Gasteiger partial charge on any atom is 0.416 e. The molecule has 0 aliphatic heterocycles. The molecule has 36 heavy (non-hydrogen) atoms. The normalized spacial score (nSPS) is 12.1. The molecular formula is C24H26F3N3O6. The van der Waals surface area contributed by atoms with Gasteiger partial charge in [-0.15, -0.1) is 0 Å². The lowest BCUT2D eigenvalue weighted by Crippen LogP contribution is -2.43. The van der Waals surface area contributed by atoms with Crippen LogP contribution < -0.4 is 10.6 Å². The van der Waals surface area contributed by atoms with Crippen LogP contribution in [0.1, 0.15) is 48.7 Å². The van der Waals surface area contributed by atoms with E-state index in [1.54, 1.807) is 19.1 Å². The fraction of sp³-hybridized carbons (Fsp3) is 0.375. The van der Waals surface area contributed by atoms with Gasteiger partial charge in [-0.2, -0.15) is 13.2 Å². The first-order valence-corrected chi connectivity index (χ1v) is 11.0. The number of benzene rings is 2. The van der Waals surface area contributed by atoms with Crippen molar-refractivity contribution < 1.29 is 37.2 Å². The van der Waals surface area contributed by atoms with E-state index in [1.807, 2.05) is 13.8 Å². The number of nitro benzene ring substituents is 1. The van der Waals surface area contributed by atoms with Gasteiger partial charge < -0.3 is 15.4 Å². The second-order valence-corrected chi connectivity index (χ2v) is 8.35. The zero-order valence-electron chi connectivity index (χ0n) is 19.8. The fourth-order valence-corrected chi connectivity index (χ4v) is 3.23. The number of nitro groups is 1. The number of nitrogens with zero attached hydrogens (tertiary/aromatic N) is 1. The van der Waals surface area contributed by atoms with Gasteiger partial charge in [-0.05, 0) is 36.6 Å². The van der Waals surface area contributed by atoms with Gasteiger partial charge in [0.1, 0.15) is 6.04 Å². The Bertz CT molecular complexity index is 1120. The Morgan fingerprint density at radius 2 is 1.72 bits per heavy atom. The lowest BCUT2D eigenvalue weighted by Gasteiger charge is -2.18. The first kappa shape index (κ1) is 28.3. The number of anilines is 1. The molecule has 9 nitrogen and oxygen atoms in total. The number of amides is 2. The number of alkyl halides is 3. The minimum Gasteiger partial charge on any atom is -0.464 e. The molecule has 12 heteroatoms. The quantitative estimate of drug-likeness (QED) is 0.276. The predicted molar refractivity (Wildman–Crippen MR) is 124 cm³/mol. The van der Waals surface area contributed by atoms with Crippen molar-refractivity contribution in [1.29, 1.82) is 0 Å². The molecule has 0 fully saturated rings. The summed E-state index contributed by atoms with van der Waals surface area (Å²) in [5.74, 6) is -1.78. The Balaban J connectivity index is 2.17. The number of halogens is 3. The molecule has 2 N–H and O–H groups in total. The van der Waals surface area contributed by atoms with Crippen LogP contribution in [0.4, 0.5) is 24.5 Å². The van der Waals surface area contributed by atoms with E-state index < -0.39 is 45.8 Å². The number of non-ortho nitro benzene ring substituents is 1. The highest BCUT2D eigenvalue weighted by Gasteiger charge is 2.33. The minimum absolute atomic E-state index is 0.0917. The molecule has 0 saturated carbocycles. The van der Waals surface area contributed by atoms with E-state index in [9.17, 15) is 37.7 Å². The van der Waals surface area contributed by atoms with E-state index in [0.29, 0.717) is 17.7 Å². The zero-order valence-corrected chi connectivity index (χ0v) is 19.8. The average Bonchev–Trinajstić information content (AvgIpc) is 2.78. The number of hydrogen-bond donors (Lipinski definition) is 2. The number of esters is 1. The summed E-state index contributed by atoms with van der Waals surface area (Å²) < 4.78 is 44.3. The minimum atomic E-state index is -4.87. The molecule has 1 unspecified atom stereocenters. The molecule has 1 atom stereocenters. The monoisotopic (exact) mass is 509 g/mol. The molecule has 0 radical (unpaired) electrons. The third kappa shape index (κ3) is 8.36. The van der Waals surface area contributed by atoms with Gasteiger partial charge in [-0.3, -0.25) is 19.7 Å². The van der Waals surface area contributed by atoms with Crippen LogP contribution in [0.15, 0.2) is 42.5 Å². The summed E-state index contributed by atoms with van der Waals surface area (Å²) in [5, 5.41) is 16.0. The standard InChI is InChI=1S/C24H26F3N3O6/c1-4-36-23(33)20(29-21(31)9-14(2)3)10-15-5-7-18(8-6-15)28-22(32)16-11-17(24(25,26)27)13-19(12-16)30(34)35/h5-8,11-14,20H,4,9-10H2,1-3H3,(H,28,32)(H,29,31). The van der Waals surface area contributed by atoms with E-state index >= 15 is 0 Å². The zero-order chi connectivity index (χ0) is 27.0. The number of carbonyl (C=O) groups is 3. The van der Waals surface area contributed by atoms with Crippen molar-refractivity contribution in [3.63, 3.8) is 0 Å². The SMILES string of the molecule is CCOC(=O)C(Cc1ccc(NC(=O)c2cc([N+](=O)[O-])cc(C(F)(F)F)c2)cc1)NC(=O)CC(C)C. The van der Waals surface area contributed by atoms with Crippen molar-refractivity contribution in [2.24, 2.45) is 5.92 Å². The summed E-state index contributed by atoms with van der Waals surface area (Å²) in [4.78, 5) is 46.9. The largest absolute Gasteiger partial charge is 0.464 e. The van der Waals surface area contributed by atoms with Crippen LogP contribution in [0, 0.1) is 16.0 Å². The van der Waals surface area contributed by atoms with Crippen LogP contribution in [0.3, 0.4) is 0 Å². The second-order valence-electron chi connectivity index (χ2n) is 8.35. The molecule has 2 rings (SSSR count). The van der Waals surface area contributed by atoms with Crippen molar-refractivity contribution in [3.05, 3.63) is 69.3 Å². The van der Waals surface area contributed by atoms with Gasteiger partial charge in [-0.25, -0.2) is 4.79 Å². The topological polar surface area (TPSA) is 128 Å². The summed E-state index contributed by atoms with van der Waals surface area (Å²) in [6, 6.07) is 6.73. The summed E-state index contributed by atoms with van der Waals surface area (Å²) in [6.07, 6.45) is -4.53. The highest BCUT2D eigenvalue weighted by Crippen LogP contribution is 2.32. The van der Waals surface area contributed by atoms with Gasteiger partial charge in [-0.1, -0.05) is 26.0 Å². The Kier molecular flexibility index (Phi) is 9.53. The van der Waals surface area contributed by atoms with Gasteiger partial charge >= 0.3 is 12.1 Å². The van der Waals surface area contributed by atoms with Gasteiger partial charge in [0.25, 0.3) is 11.6 Å². The maximum atomic E-state index is 13.1. The number of nitrogens with one attached hydrogen (secondary N) is 2. The maximum absolute atomic E-state index is 13.1. The highest BCUT2D eigenvalue weighted by molar-refractivity contribution is 6.04. The second kappa shape index (κ2) is 12.1. The molecule has 2 aromatic carbocycles. The highest BCUT2D eigenvalue weighted by atomic mass is 19.4. The molecule has 0 bridgehead atoms. The van der Waals surface area contributed by atoms with E-state index in [2.05, 4.69) is 10.6 Å². The first-order chi connectivity index (χ1) is 16.8. The fourth-order valence-electron chi connectivity index (χ4n) is 3.23. The average molecular weight is 509 g/mol. The Morgan fingerprint density at radius 1 is 1.08 bits per heavy atom. The Hall–Kier alpha value is -3.96. The molecule has 0 heterocycles. The smallest absolute Gasteiger partial charge is 0.416 e. The van der Waals surface area contributed by atoms with E-state index in [0.717, 1.165) is 6.07 Å². The predicted octanol–water partition coefficient (Wildman–Crippen LogP) is 4.50. The van der Waals surface area contributed by atoms with Crippen molar-refractivity contribution >= 4 is 29.2 Å². The number of ether oxygens (including phenoxy) is 1. The Labute approximate surface area is 205 Å². The van der Waals surface area contributed by atoms with E-state index in [4.69, 9.17) is 4.74 Å². The van der Waals surface area contributed by atoms with Gasteiger partial charge in [0.15, 0.2) is 0 Å².